The van der Waals surface area contributed by atoms with Crippen LogP contribution in [0, 0.1) is 33.9 Å². The second kappa shape index (κ2) is 11.2. The Hall–Kier alpha value is -3.64. The zero-order valence-corrected chi connectivity index (χ0v) is 20.4. The second-order valence-electron chi connectivity index (χ2n) is 8.37. The Kier molecular flexibility index (Phi) is 8.30. The average molecular weight is 503 g/mol. The average Bonchev–Trinajstić information content (AvgIpc) is 3.22. The van der Waals surface area contributed by atoms with Crippen LogP contribution in [-0.4, -0.2) is 62.1 Å². The summed E-state index contributed by atoms with van der Waals surface area (Å²) in [5, 5.41) is 24.8. The molecule has 2 aliphatic rings. The van der Waals surface area contributed by atoms with E-state index in [2.05, 4.69) is 16.7 Å². The molecule has 1 aromatic rings. The number of cyclic esters (lactones) is 1. The SMILES string of the molecule is CCOC(=O)NC(C#N)C1(C#N)CCN(c2ccc(N3CC(CNC(C)=S)OC3=O)cc2F)CC1. The first-order valence-corrected chi connectivity index (χ1v) is 11.6. The predicted octanol–water partition coefficient (Wildman–Crippen LogP) is 2.84. The number of carbonyl (C=O) groups is 2. The van der Waals surface area contributed by atoms with Crippen LogP contribution in [0.3, 0.4) is 0 Å². The fraction of sp³-hybridized carbons (Fsp3) is 0.522. The van der Waals surface area contributed by atoms with Crippen LogP contribution in [0.25, 0.3) is 0 Å². The van der Waals surface area contributed by atoms with Gasteiger partial charge in [-0.3, -0.25) is 4.90 Å². The summed E-state index contributed by atoms with van der Waals surface area (Å²) in [6.45, 7) is 4.78. The molecule has 2 unspecified atom stereocenters. The Labute approximate surface area is 208 Å². The van der Waals surface area contributed by atoms with E-state index in [4.69, 9.17) is 21.7 Å². The quantitative estimate of drug-likeness (QED) is 0.540. The van der Waals surface area contributed by atoms with Gasteiger partial charge in [-0.2, -0.15) is 10.5 Å². The Bertz CT molecular complexity index is 1060. The molecule has 2 amide bonds. The number of ether oxygens (including phenoxy) is 2. The molecule has 3 rings (SSSR count). The van der Waals surface area contributed by atoms with Crippen LogP contribution in [0.1, 0.15) is 26.7 Å². The molecule has 2 atom stereocenters. The molecule has 2 N–H and O–H groups in total. The van der Waals surface area contributed by atoms with Crippen LogP contribution < -0.4 is 20.4 Å². The lowest BCUT2D eigenvalue weighted by Gasteiger charge is -2.40. The van der Waals surface area contributed by atoms with E-state index in [1.807, 2.05) is 6.07 Å². The third kappa shape index (κ3) is 5.89. The summed E-state index contributed by atoms with van der Waals surface area (Å²) in [5.74, 6) is -0.516. The van der Waals surface area contributed by atoms with Gasteiger partial charge in [0.1, 0.15) is 18.0 Å². The molecule has 1 aromatic carbocycles. The van der Waals surface area contributed by atoms with Crippen LogP contribution in [0.2, 0.25) is 0 Å². The highest BCUT2D eigenvalue weighted by atomic mass is 32.1. The molecule has 0 aliphatic carbocycles. The monoisotopic (exact) mass is 502 g/mol. The van der Waals surface area contributed by atoms with Gasteiger partial charge in [-0.15, -0.1) is 0 Å². The van der Waals surface area contributed by atoms with Crippen LogP contribution in [0.4, 0.5) is 25.4 Å². The van der Waals surface area contributed by atoms with Crippen molar-refractivity contribution < 1.29 is 23.5 Å². The first-order chi connectivity index (χ1) is 16.7. The van der Waals surface area contributed by atoms with E-state index in [1.54, 1.807) is 30.9 Å². The molecule has 0 saturated carbocycles. The number of carbonyl (C=O) groups excluding carboxylic acids is 2. The maximum atomic E-state index is 15.1. The molecule has 0 radical (unpaired) electrons. The molecule has 2 heterocycles. The van der Waals surface area contributed by atoms with Gasteiger partial charge >= 0.3 is 12.2 Å². The molecule has 2 aliphatic heterocycles. The molecule has 0 spiro atoms. The second-order valence-corrected chi connectivity index (χ2v) is 8.98. The fourth-order valence-corrected chi connectivity index (χ4v) is 4.30. The Morgan fingerprint density at radius 1 is 1.40 bits per heavy atom. The number of piperidine rings is 1. The van der Waals surface area contributed by atoms with Crippen molar-refractivity contribution in [2.24, 2.45) is 5.41 Å². The summed E-state index contributed by atoms with van der Waals surface area (Å²) in [7, 11) is 0. The third-order valence-corrected chi connectivity index (χ3v) is 6.28. The van der Waals surface area contributed by atoms with Crippen molar-refractivity contribution in [2.45, 2.75) is 38.8 Å². The number of rotatable bonds is 7. The summed E-state index contributed by atoms with van der Waals surface area (Å²) in [6.07, 6.45) is -1.21. The molecule has 0 aromatic heterocycles. The van der Waals surface area contributed by atoms with E-state index >= 15 is 4.39 Å². The van der Waals surface area contributed by atoms with Gasteiger partial charge in [0.25, 0.3) is 0 Å². The minimum absolute atomic E-state index is 0.145. The van der Waals surface area contributed by atoms with Gasteiger partial charge in [0.05, 0.1) is 53.6 Å². The summed E-state index contributed by atoms with van der Waals surface area (Å²) in [4.78, 5) is 27.8. The Morgan fingerprint density at radius 3 is 2.69 bits per heavy atom. The summed E-state index contributed by atoms with van der Waals surface area (Å²) in [5.41, 5.74) is -0.406. The minimum atomic E-state index is -1.11. The molecule has 10 nitrogen and oxygen atoms in total. The van der Waals surface area contributed by atoms with E-state index in [1.165, 1.54) is 11.0 Å². The molecule has 2 saturated heterocycles. The molecule has 35 heavy (non-hydrogen) atoms. The van der Waals surface area contributed by atoms with Crippen molar-refractivity contribution in [1.82, 2.24) is 10.6 Å². The molecular weight excluding hydrogens is 475 g/mol. The lowest BCUT2D eigenvalue weighted by molar-refractivity contribution is 0.139. The van der Waals surface area contributed by atoms with Crippen molar-refractivity contribution in [3.8, 4) is 12.1 Å². The zero-order valence-electron chi connectivity index (χ0n) is 19.5. The van der Waals surface area contributed by atoms with Crippen molar-refractivity contribution in [3.63, 3.8) is 0 Å². The molecule has 186 valence electrons. The van der Waals surface area contributed by atoms with E-state index in [9.17, 15) is 20.1 Å². The van der Waals surface area contributed by atoms with Gasteiger partial charge in [-0.05, 0) is 44.9 Å². The van der Waals surface area contributed by atoms with Gasteiger partial charge < -0.3 is 25.0 Å². The molecule has 2 fully saturated rings. The Balaban J connectivity index is 1.67. The predicted molar refractivity (Wildman–Crippen MR) is 129 cm³/mol. The van der Waals surface area contributed by atoms with Gasteiger partial charge in [0.2, 0.25) is 0 Å². The topological polar surface area (TPSA) is 131 Å². The summed E-state index contributed by atoms with van der Waals surface area (Å²) >= 11 is 4.97. The van der Waals surface area contributed by atoms with Gasteiger partial charge in [-0.1, -0.05) is 12.2 Å². The summed E-state index contributed by atoms with van der Waals surface area (Å²) < 4.78 is 25.2. The molecular formula is C23H27FN6O4S. The number of hydrogen-bond donors (Lipinski definition) is 2. The van der Waals surface area contributed by atoms with E-state index in [0.717, 1.165) is 0 Å². The minimum Gasteiger partial charge on any atom is -0.450 e. The number of hydrogen-bond acceptors (Lipinski definition) is 8. The van der Waals surface area contributed by atoms with Crippen molar-refractivity contribution in [1.29, 1.82) is 10.5 Å². The number of nitriles is 2. The highest BCUT2D eigenvalue weighted by molar-refractivity contribution is 7.80. The van der Waals surface area contributed by atoms with Gasteiger partial charge in [0, 0.05) is 13.1 Å². The third-order valence-electron chi connectivity index (χ3n) is 6.13. The number of benzene rings is 1. The lowest BCUT2D eigenvalue weighted by atomic mass is 9.74. The molecule has 12 heteroatoms. The standard InChI is InChI=1S/C23H27FN6O4S/c1-3-33-21(31)28-20(11-25)23(14-26)6-8-29(9-7-23)19-5-4-16(10-18(19)24)30-13-17(34-22(30)32)12-27-15(2)35/h4-5,10,17,20H,3,6-9,12-13H2,1-2H3,(H,27,35)(H,28,31). The van der Waals surface area contributed by atoms with Crippen molar-refractivity contribution in [2.75, 3.05) is 42.6 Å². The number of amides is 2. The van der Waals surface area contributed by atoms with E-state index < -0.39 is 35.6 Å². The largest absolute Gasteiger partial charge is 0.450 e. The van der Waals surface area contributed by atoms with Crippen molar-refractivity contribution in [3.05, 3.63) is 24.0 Å². The highest BCUT2D eigenvalue weighted by Crippen LogP contribution is 2.37. The smallest absolute Gasteiger partial charge is 0.414 e. The number of alkyl carbamates (subject to hydrolysis) is 1. The maximum Gasteiger partial charge on any atom is 0.414 e. The number of nitrogens with one attached hydrogen (secondary N) is 2. The van der Waals surface area contributed by atoms with Crippen LogP contribution >= 0.6 is 12.2 Å². The van der Waals surface area contributed by atoms with E-state index in [0.29, 0.717) is 36.0 Å². The first-order valence-electron chi connectivity index (χ1n) is 11.2. The maximum absolute atomic E-state index is 15.1. The number of nitrogens with zero attached hydrogens (tertiary/aromatic N) is 4. The zero-order chi connectivity index (χ0) is 25.6. The Morgan fingerprint density at radius 2 is 2.11 bits per heavy atom. The van der Waals surface area contributed by atoms with Gasteiger partial charge in [0.15, 0.2) is 0 Å². The molecule has 0 bridgehead atoms. The first kappa shape index (κ1) is 26.0. The normalized spacial score (nSPS) is 19.7. The number of halogens is 1. The van der Waals surface area contributed by atoms with Gasteiger partial charge in [-0.25, -0.2) is 14.0 Å². The highest BCUT2D eigenvalue weighted by Gasteiger charge is 2.44. The van der Waals surface area contributed by atoms with E-state index in [-0.39, 0.29) is 26.0 Å². The van der Waals surface area contributed by atoms with Crippen molar-refractivity contribution >= 4 is 40.8 Å². The number of thiocarbonyl (C=S) groups is 1. The van der Waals surface area contributed by atoms with Crippen LogP contribution in [0.15, 0.2) is 18.2 Å². The summed E-state index contributed by atoms with van der Waals surface area (Å²) in [6, 6.07) is 7.65. The van der Waals surface area contributed by atoms with Crippen LogP contribution in [-0.2, 0) is 9.47 Å². The van der Waals surface area contributed by atoms with Crippen LogP contribution in [0.5, 0.6) is 0 Å². The fourth-order valence-electron chi connectivity index (χ4n) is 4.21. The number of anilines is 2. The lowest BCUT2D eigenvalue weighted by Crippen LogP contribution is -2.52.